The van der Waals surface area contributed by atoms with E-state index >= 15 is 0 Å². The first-order valence-electron chi connectivity index (χ1n) is 23.4. The molecule has 360 valence electrons. The standard InChI is InChI=1S/C27H42N4O3.C17H30N8O.2C2H6/c1-5-6-9-26(27(33)28-4)31(21(3)32)25-10-7-8-24(20(25)2)23-13-15-29(16-14-23)19-22-11-17-30(34)18-12-22;1-14(2)26-25(20-3)13-24-17(15(10-18)11-19)6-9-22-12-23-16-4-7-21-8-5-16;2*1-2/h5,7-8,10,22-23,26,34H,1,6,9,11-19H2,2-4H3,(H,28,33);6,9-11,13-14,16,18,21,23H,3-5,7-8,12,19H2,1-2H3;2*1-2H3/b;15-11+,17-6-,18-10?,22-9+,24-13?;;. The van der Waals surface area contributed by atoms with Crippen molar-refractivity contribution in [3.8, 4) is 0 Å². The molecular weight excluding hydrogens is 809 g/mol. The van der Waals surface area contributed by atoms with Crippen LogP contribution in [0.3, 0.4) is 0 Å². The van der Waals surface area contributed by atoms with Gasteiger partial charge in [-0.3, -0.25) is 24.8 Å². The minimum Gasteiger partial charge on any atom is -0.404 e. The Kier molecular flexibility index (Phi) is 30.4. The molecule has 1 aromatic carbocycles. The summed E-state index contributed by atoms with van der Waals surface area (Å²) in [6.45, 7) is 30.0. The summed E-state index contributed by atoms with van der Waals surface area (Å²) >= 11 is 0. The summed E-state index contributed by atoms with van der Waals surface area (Å²) in [6.07, 6.45) is 16.6. The van der Waals surface area contributed by atoms with Crippen LogP contribution in [0.4, 0.5) is 5.69 Å². The van der Waals surface area contributed by atoms with E-state index < -0.39 is 6.04 Å². The number of carbonyl (C=O) groups excluding carboxylic acids is 2. The summed E-state index contributed by atoms with van der Waals surface area (Å²) in [5, 5.41) is 32.8. The van der Waals surface area contributed by atoms with Gasteiger partial charge in [0.05, 0.1) is 18.5 Å². The molecule has 0 aliphatic carbocycles. The van der Waals surface area contributed by atoms with Crippen LogP contribution in [0.1, 0.15) is 117 Å². The second-order valence-electron chi connectivity index (χ2n) is 15.7. The number of carbonyl (C=O) groups is 2. The number of nitrogens with two attached hydrogens (primary N) is 1. The number of piperidine rings is 3. The van der Waals surface area contributed by atoms with Crippen molar-refractivity contribution in [2.24, 2.45) is 26.7 Å². The molecule has 3 fully saturated rings. The van der Waals surface area contributed by atoms with Gasteiger partial charge in [0.25, 0.3) is 0 Å². The van der Waals surface area contributed by atoms with Crippen LogP contribution in [-0.4, -0.2) is 135 Å². The van der Waals surface area contributed by atoms with Crippen molar-refractivity contribution in [2.75, 3.05) is 64.4 Å². The summed E-state index contributed by atoms with van der Waals surface area (Å²) in [5.74, 6) is 0.853. The molecule has 16 nitrogen and oxygen atoms in total. The van der Waals surface area contributed by atoms with Crippen molar-refractivity contribution >= 4 is 43.0 Å². The number of likely N-dealkylation sites (N-methyl/N-ethyl adjacent to an activating group) is 1. The van der Waals surface area contributed by atoms with Gasteiger partial charge in [-0.2, -0.15) is 10.2 Å². The fourth-order valence-corrected chi connectivity index (χ4v) is 7.84. The molecule has 0 saturated carbocycles. The Hall–Kier alpha value is -4.58. The lowest BCUT2D eigenvalue weighted by Crippen LogP contribution is -2.48. The van der Waals surface area contributed by atoms with Gasteiger partial charge in [-0.1, -0.05) is 45.9 Å². The average Bonchev–Trinajstić information content (AvgIpc) is 3.31. The first kappa shape index (κ1) is 57.4. The minimum atomic E-state index is -0.554. The Morgan fingerprint density at radius 2 is 1.73 bits per heavy atom. The number of benzene rings is 1. The van der Waals surface area contributed by atoms with Crippen molar-refractivity contribution in [3.63, 3.8) is 0 Å². The zero-order valence-corrected chi connectivity index (χ0v) is 40.7. The van der Waals surface area contributed by atoms with E-state index in [1.807, 2.05) is 53.7 Å². The number of amides is 2. The molecule has 3 aliphatic rings. The fourth-order valence-electron chi connectivity index (χ4n) is 7.84. The van der Waals surface area contributed by atoms with Gasteiger partial charge in [-0.05, 0) is 133 Å². The Balaban J connectivity index is 0.000000613. The number of nitrogens with one attached hydrogen (secondary N) is 4. The van der Waals surface area contributed by atoms with Crippen LogP contribution in [0.15, 0.2) is 69.5 Å². The normalized spacial score (nSPS) is 17.6. The molecule has 3 heterocycles. The third-order valence-electron chi connectivity index (χ3n) is 11.1. The molecule has 2 amide bonds. The van der Waals surface area contributed by atoms with Gasteiger partial charge in [-0.25, -0.2) is 9.83 Å². The molecule has 7 N–H and O–H groups in total. The first-order valence-corrected chi connectivity index (χ1v) is 23.4. The third-order valence-corrected chi connectivity index (χ3v) is 11.1. The summed E-state index contributed by atoms with van der Waals surface area (Å²) in [7, 11) is 1.62. The molecule has 1 atom stereocenters. The molecule has 0 spiro atoms. The highest BCUT2D eigenvalue weighted by Crippen LogP contribution is 2.36. The van der Waals surface area contributed by atoms with Crippen LogP contribution in [0, 0.1) is 18.3 Å². The van der Waals surface area contributed by atoms with Crippen LogP contribution in [-0.2, 0) is 14.4 Å². The highest BCUT2D eigenvalue weighted by Gasteiger charge is 2.31. The molecule has 16 heteroatoms. The van der Waals surface area contributed by atoms with Crippen LogP contribution in [0.5, 0.6) is 0 Å². The SMILES string of the molecule is C=CCCC(C(=O)NC)N(C(C)=O)c1cccc(C2CCN(CC3CCN(O)CC3)CC2)c1C.C=NN(C=NC(=C\C=N\CNC1CCNCC1)/C(C=N)=C/N)OC(C)C.CC.CC. The molecular formula is C48H84N12O4. The molecule has 1 unspecified atom stereocenters. The molecule has 1 aromatic rings. The Labute approximate surface area is 385 Å². The van der Waals surface area contributed by atoms with E-state index in [1.165, 1.54) is 30.1 Å². The van der Waals surface area contributed by atoms with E-state index in [-0.39, 0.29) is 17.9 Å². The fraction of sp³-hybridized carbons (Fsp3) is 0.625. The van der Waals surface area contributed by atoms with Gasteiger partial charge in [0.2, 0.25) is 11.8 Å². The second kappa shape index (κ2) is 33.9. The van der Waals surface area contributed by atoms with Crippen molar-refractivity contribution < 1.29 is 19.6 Å². The van der Waals surface area contributed by atoms with E-state index in [2.05, 4.69) is 62.2 Å². The molecule has 0 radical (unpaired) electrons. The number of likely N-dealkylation sites (tertiary alicyclic amines) is 1. The first-order chi connectivity index (χ1) is 30.9. The van der Waals surface area contributed by atoms with Crippen molar-refractivity contribution in [3.05, 3.63) is 65.5 Å². The summed E-state index contributed by atoms with van der Waals surface area (Å²) in [4.78, 5) is 43.7. The molecule has 3 saturated heterocycles. The maximum absolute atomic E-state index is 12.8. The van der Waals surface area contributed by atoms with Crippen LogP contribution in [0.2, 0.25) is 0 Å². The zero-order chi connectivity index (χ0) is 47.9. The van der Waals surface area contributed by atoms with E-state index in [4.69, 9.17) is 16.0 Å². The number of allylic oxidation sites excluding steroid dienone is 3. The summed E-state index contributed by atoms with van der Waals surface area (Å²) in [5.41, 5.74) is 9.70. The van der Waals surface area contributed by atoms with Crippen LogP contribution in [0.25, 0.3) is 0 Å². The van der Waals surface area contributed by atoms with Gasteiger partial charge in [0, 0.05) is 76.3 Å². The lowest BCUT2D eigenvalue weighted by atomic mass is 9.85. The number of aliphatic imine (C=N–C) groups is 2. The number of nitrogens with zero attached hydrogens (tertiary/aromatic N) is 7. The zero-order valence-electron chi connectivity index (χ0n) is 40.7. The van der Waals surface area contributed by atoms with Crippen LogP contribution >= 0.6 is 0 Å². The number of hydroxylamine groups is 3. The lowest BCUT2D eigenvalue weighted by Gasteiger charge is -2.37. The van der Waals surface area contributed by atoms with Gasteiger partial charge in [-0.15, -0.1) is 11.8 Å². The Morgan fingerprint density at radius 1 is 1.08 bits per heavy atom. The summed E-state index contributed by atoms with van der Waals surface area (Å²) < 4.78 is 0. The predicted molar refractivity (Wildman–Crippen MR) is 266 cm³/mol. The number of hydrogen-bond acceptors (Lipinski definition) is 13. The topological polar surface area (TPSA) is 200 Å². The second-order valence-corrected chi connectivity index (χ2v) is 15.7. The van der Waals surface area contributed by atoms with Gasteiger partial charge >= 0.3 is 0 Å². The Morgan fingerprint density at radius 3 is 2.28 bits per heavy atom. The molecule has 4 rings (SSSR count). The molecule has 64 heavy (non-hydrogen) atoms. The van der Waals surface area contributed by atoms with Gasteiger partial charge < -0.3 is 31.9 Å². The average molecular weight is 893 g/mol. The monoisotopic (exact) mass is 893 g/mol. The maximum atomic E-state index is 12.8. The number of hydrogen-bond donors (Lipinski definition) is 6. The maximum Gasteiger partial charge on any atom is 0.242 e. The van der Waals surface area contributed by atoms with E-state index in [0.29, 0.717) is 48.7 Å². The van der Waals surface area contributed by atoms with Gasteiger partial charge in [0.1, 0.15) is 12.4 Å². The highest BCUT2D eigenvalue weighted by atomic mass is 16.7. The molecule has 3 aliphatic heterocycles. The van der Waals surface area contributed by atoms with Crippen molar-refractivity contribution in [1.29, 1.82) is 5.41 Å². The largest absolute Gasteiger partial charge is 0.404 e. The molecule has 0 aromatic heterocycles. The van der Waals surface area contributed by atoms with Crippen LogP contribution < -0.4 is 26.6 Å². The number of anilines is 1. The minimum absolute atomic E-state index is 0.0748. The third kappa shape index (κ3) is 20.5. The predicted octanol–water partition coefficient (Wildman–Crippen LogP) is 6.78. The van der Waals surface area contributed by atoms with E-state index in [1.54, 1.807) is 30.3 Å². The molecule has 0 bridgehead atoms. The van der Waals surface area contributed by atoms with Gasteiger partial charge in [0.15, 0.2) is 0 Å². The summed E-state index contributed by atoms with van der Waals surface area (Å²) in [6, 6.07) is 6.12. The van der Waals surface area contributed by atoms with E-state index in [9.17, 15) is 14.8 Å². The van der Waals surface area contributed by atoms with E-state index in [0.717, 1.165) is 107 Å². The highest BCUT2D eigenvalue weighted by molar-refractivity contribution is 6.00. The van der Waals surface area contributed by atoms with Crippen molar-refractivity contribution in [2.45, 2.75) is 131 Å². The smallest absolute Gasteiger partial charge is 0.242 e. The van der Waals surface area contributed by atoms with Crippen molar-refractivity contribution in [1.82, 2.24) is 31.1 Å². The number of hydrazone groups is 1. The number of rotatable bonds is 20. The lowest BCUT2D eigenvalue weighted by molar-refractivity contribution is -0.127. The quantitative estimate of drug-likeness (QED) is 0.0267. The Bertz CT molecular complexity index is 1630.